The van der Waals surface area contributed by atoms with Crippen LogP contribution in [-0.4, -0.2) is 32.3 Å². The quantitative estimate of drug-likeness (QED) is 0.683. The lowest BCUT2D eigenvalue weighted by molar-refractivity contribution is -0.137. The van der Waals surface area contributed by atoms with Crippen molar-refractivity contribution < 1.29 is 26.4 Å². The molecule has 0 heterocycles. The van der Waals surface area contributed by atoms with E-state index in [1.54, 1.807) is 24.3 Å². The van der Waals surface area contributed by atoms with Crippen molar-refractivity contribution in [3.05, 3.63) is 65.2 Å². The van der Waals surface area contributed by atoms with Crippen LogP contribution in [0.25, 0.3) is 0 Å². The average Bonchev–Trinajstić information content (AvgIpc) is 2.72. The van der Waals surface area contributed by atoms with Crippen LogP contribution in [0.2, 0.25) is 0 Å². The maximum absolute atomic E-state index is 12.8. The second-order valence-corrected chi connectivity index (χ2v) is 8.24. The van der Waals surface area contributed by atoms with E-state index in [9.17, 15) is 26.4 Å². The van der Waals surface area contributed by atoms with Gasteiger partial charge in [0, 0.05) is 13.1 Å². The molecule has 0 saturated heterocycles. The minimum Gasteiger partial charge on any atom is -0.337 e. The minimum atomic E-state index is -4.68. The van der Waals surface area contributed by atoms with E-state index in [4.69, 9.17) is 5.26 Å². The summed E-state index contributed by atoms with van der Waals surface area (Å²) >= 11 is 0. The molecule has 160 valence electrons. The third-order valence-corrected chi connectivity index (χ3v) is 5.59. The van der Waals surface area contributed by atoms with Gasteiger partial charge in [0.15, 0.2) is 0 Å². The molecule has 30 heavy (non-hydrogen) atoms. The standard InChI is InChI=1S/C20H20F3N3O3S/c1-2-10-26(14-16-8-6-15(12-24)7-9-16)19(27)13-25-30(28,29)18-5-3-4-17(11-18)20(21,22)23/h3-9,11,25H,2,10,13-14H2,1H3. The van der Waals surface area contributed by atoms with Gasteiger partial charge in [0.25, 0.3) is 0 Å². The van der Waals surface area contributed by atoms with E-state index in [0.717, 1.165) is 23.8 Å². The monoisotopic (exact) mass is 439 g/mol. The molecule has 0 aliphatic carbocycles. The van der Waals surface area contributed by atoms with Gasteiger partial charge in [0.2, 0.25) is 15.9 Å². The Bertz CT molecular complexity index is 1030. The van der Waals surface area contributed by atoms with Crippen molar-refractivity contribution in [2.75, 3.05) is 13.1 Å². The number of nitriles is 1. The number of halogens is 3. The fourth-order valence-corrected chi connectivity index (χ4v) is 3.68. The lowest BCUT2D eigenvalue weighted by Crippen LogP contribution is -2.40. The predicted octanol–water partition coefficient (Wildman–Crippen LogP) is 3.29. The summed E-state index contributed by atoms with van der Waals surface area (Å²) in [6.45, 7) is 1.84. The predicted molar refractivity (Wildman–Crippen MR) is 103 cm³/mol. The van der Waals surface area contributed by atoms with Crippen LogP contribution >= 0.6 is 0 Å². The summed E-state index contributed by atoms with van der Waals surface area (Å²) in [5, 5.41) is 8.84. The number of sulfonamides is 1. The molecule has 0 radical (unpaired) electrons. The number of amides is 1. The van der Waals surface area contributed by atoms with Gasteiger partial charge in [-0.25, -0.2) is 13.1 Å². The van der Waals surface area contributed by atoms with Gasteiger partial charge in [-0.2, -0.15) is 18.4 Å². The smallest absolute Gasteiger partial charge is 0.337 e. The Morgan fingerprint density at radius 3 is 2.40 bits per heavy atom. The summed E-state index contributed by atoms with van der Waals surface area (Å²) in [4.78, 5) is 13.4. The van der Waals surface area contributed by atoms with Gasteiger partial charge < -0.3 is 4.90 Å². The first-order valence-corrected chi connectivity index (χ1v) is 10.5. The number of carbonyl (C=O) groups is 1. The normalized spacial score (nSPS) is 11.7. The molecule has 0 saturated carbocycles. The van der Waals surface area contributed by atoms with Crippen LogP contribution in [0.1, 0.15) is 30.0 Å². The van der Waals surface area contributed by atoms with Crippen LogP contribution in [0.15, 0.2) is 53.4 Å². The number of alkyl halides is 3. The van der Waals surface area contributed by atoms with E-state index in [0.29, 0.717) is 24.6 Å². The van der Waals surface area contributed by atoms with Crippen molar-refractivity contribution in [2.45, 2.75) is 31.0 Å². The summed E-state index contributed by atoms with van der Waals surface area (Å²) in [6, 6.07) is 11.9. The fraction of sp³-hybridized carbons (Fsp3) is 0.300. The molecule has 0 spiro atoms. The molecule has 0 aliphatic rings. The van der Waals surface area contributed by atoms with E-state index < -0.39 is 39.1 Å². The number of rotatable bonds is 8. The molecular weight excluding hydrogens is 419 g/mol. The Morgan fingerprint density at radius 2 is 1.83 bits per heavy atom. The van der Waals surface area contributed by atoms with Crippen LogP contribution in [0.5, 0.6) is 0 Å². The second-order valence-electron chi connectivity index (χ2n) is 6.47. The molecule has 0 fully saturated rings. The number of benzene rings is 2. The Labute approximate surface area is 173 Å². The Balaban J connectivity index is 2.09. The van der Waals surface area contributed by atoms with E-state index in [1.807, 2.05) is 13.0 Å². The average molecular weight is 439 g/mol. The van der Waals surface area contributed by atoms with E-state index in [2.05, 4.69) is 4.72 Å². The third-order valence-electron chi connectivity index (χ3n) is 4.19. The summed E-state index contributed by atoms with van der Waals surface area (Å²) in [6.07, 6.45) is -4.05. The molecule has 0 bridgehead atoms. The van der Waals surface area contributed by atoms with Gasteiger partial charge in [-0.05, 0) is 42.3 Å². The van der Waals surface area contributed by atoms with Crippen molar-refractivity contribution in [1.82, 2.24) is 9.62 Å². The Kier molecular flexibility index (Phi) is 7.59. The second kappa shape index (κ2) is 9.73. The SMILES string of the molecule is CCCN(Cc1ccc(C#N)cc1)C(=O)CNS(=O)(=O)c1cccc(C(F)(F)F)c1. The summed E-state index contributed by atoms with van der Waals surface area (Å²) < 4.78 is 65.2. The molecule has 2 rings (SSSR count). The highest BCUT2D eigenvalue weighted by Crippen LogP contribution is 2.30. The first kappa shape index (κ1) is 23.4. The molecule has 0 aromatic heterocycles. The number of nitrogens with one attached hydrogen (secondary N) is 1. The summed E-state index contributed by atoms with van der Waals surface area (Å²) in [5.74, 6) is -0.517. The molecule has 10 heteroatoms. The first-order chi connectivity index (χ1) is 14.1. The maximum atomic E-state index is 12.8. The number of hydrogen-bond acceptors (Lipinski definition) is 4. The van der Waals surface area contributed by atoms with Crippen LogP contribution < -0.4 is 4.72 Å². The van der Waals surface area contributed by atoms with Gasteiger partial charge in [-0.3, -0.25) is 4.79 Å². The van der Waals surface area contributed by atoms with Crippen LogP contribution in [0, 0.1) is 11.3 Å². The number of hydrogen-bond donors (Lipinski definition) is 1. The van der Waals surface area contributed by atoms with Crippen molar-refractivity contribution in [3.8, 4) is 6.07 Å². The van der Waals surface area contributed by atoms with E-state index in [-0.39, 0.29) is 6.54 Å². The van der Waals surface area contributed by atoms with Crippen molar-refractivity contribution in [2.24, 2.45) is 0 Å². The van der Waals surface area contributed by atoms with E-state index in [1.165, 1.54) is 4.90 Å². The highest BCUT2D eigenvalue weighted by Gasteiger charge is 2.31. The third kappa shape index (κ3) is 6.30. The molecule has 2 aromatic carbocycles. The molecule has 0 unspecified atom stereocenters. The Morgan fingerprint density at radius 1 is 1.17 bits per heavy atom. The van der Waals surface area contributed by atoms with Crippen LogP contribution in [-0.2, 0) is 27.5 Å². The van der Waals surface area contributed by atoms with Gasteiger partial charge in [-0.1, -0.05) is 25.1 Å². The zero-order chi connectivity index (χ0) is 22.4. The topological polar surface area (TPSA) is 90.3 Å². The maximum Gasteiger partial charge on any atom is 0.416 e. The highest BCUT2D eigenvalue weighted by atomic mass is 32.2. The zero-order valence-electron chi connectivity index (χ0n) is 16.1. The van der Waals surface area contributed by atoms with Gasteiger partial charge in [-0.15, -0.1) is 0 Å². The molecule has 2 aromatic rings. The highest BCUT2D eigenvalue weighted by molar-refractivity contribution is 7.89. The fourth-order valence-electron chi connectivity index (χ4n) is 2.66. The molecule has 0 atom stereocenters. The van der Waals surface area contributed by atoms with Gasteiger partial charge in [0.05, 0.1) is 28.6 Å². The van der Waals surface area contributed by atoms with Crippen molar-refractivity contribution in [1.29, 1.82) is 5.26 Å². The summed E-state index contributed by atoms with van der Waals surface area (Å²) in [5.41, 5.74) is 0.141. The Hall–Kier alpha value is -2.90. The van der Waals surface area contributed by atoms with E-state index >= 15 is 0 Å². The minimum absolute atomic E-state index is 0.212. The van der Waals surface area contributed by atoms with Crippen LogP contribution in [0.3, 0.4) is 0 Å². The van der Waals surface area contributed by atoms with Gasteiger partial charge in [0.1, 0.15) is 0 Å². The van der Waals surface area contributed by atoms with Gasteiger partial charge >= 0.3 is 6.18 Å². The van der Waals surface area contributed by atoms with Crippen molar-refractivity contribution >= 4 is 15.9 Å². The molecule has 1 amide bonds. The molecular formula is C20H20F3N3O3S. The molecule has 0 aliphatic heterocycles. The first-order valence-electron chi connectivity index (χ1n) is 9.00. The van der Waals surface area contributed by atoms with Crippen molar-refractivity contribution in [3.63, 3.8) is 0 Å². The largest absolute Gasteiger partial charge is 0.416 e. The number of carbonyl (C=O) groups excluding carboxylic acids is 1. The summed E-state index contributed by atoms with van der Waals surface area (Å²) in [7, 11) is -4.30. The lowest BCUT2D eigenvalue weighted by atomic mass is 10.1. The van der Waals surface area contributed by atoms with Crippen LogP contribution in [0.4, 0.5) is 13.2 Å². The zero-order valence-corrected chi connectivity index (χ0v) is 16.9. The molecule has 1 N–H and O–H groups in total. The lowest BCUT2D eigenvalue weighted by Gasteiger charge is -2.22. The number of nitrogens with zero attached hydrogens (tertiary/aromatic N) is 2. The molecule has 6 nitrogen and oxygen atoms in total.